The Labute approximate surface area is 109 Å². The van der Waals surface area contributed by atoms with Crippen molar-refractivity contribution in [3.05, 3.63) is 29.3 Å². The molecular formula is C11H14BrNO3S. The smallest absolute Gasteiger partial charge is 0.238 e. The van der Waals surface area contributed by atoms with Gasteiger partial charge in [0.1, 0.15) is 0 Å². The van der Waals surface area contributed by atoms with E-state index in [4.69, 9.17) is 5.14 Å². The summed E-state index contributed by atoms with van der Waals surface area (Å²) in [5.41, 5.74) is 1.01. The van der Waals surface area contributed by atoms with Gasteiger partial charge in [-0.3, -0.25) is 4.79 Å². The van der Waals surface area contributed by atoms with E-state index in [2.05, 4.69) is 15.9 Å². The van der Waals surface area contributed by atoms with Crippen molar-refractivity contribution in [2.45, 2.75) is 24.7 Å². The molecule has 0 aliphatic rings. The summed E-state index contributed by atoms with van der Waals surface area (Å²) in [6, 6.07) is 4.63. The molecule has 0 radical (unpaired) electrons. The van der Waals surface area contributed by atoms with Crippen LogP contribution in [-0.2, 0) is 16.4 Å². The normalized spacial score (nSPS) is 11.5. The maximum Gasteiger partial charge on any atom is 0.238 e. The molecule has 17 heavy (non-hydrogen) atoms. The highest BCUT2D eigenvalue weighted by Crippen LogP contribution is 2.19. The van der Waals surface area contributed by atoms with E-state index in [1.165, 1.54) is 6.07 Å². The zero-order chi connectivity index (χ0) is 13.1. The van der Waals surface area contributed by atoms with Crippen LogP contribution in [0.25, 0.3) is 0 Å². The summed E-state index contributed by atoms with van der Waals surface area (Å²) >= 11 is 3.05. The zero-order valence-electron chi connectivity index (χ0n) is 9.44. The van der Waals surface area contributed by atoms with Crippen LogP contribution in [0.3, 0.4) is 0 Å². The number of nitrogens with two attached hydrogens (primary N) is 1. The van der Waals surface area contributed by atoms with E-state index in [1.54, 1.807) is 12.1 Å². The van der Waals surface area contributed by atoms with Crippen LogP contribution >= 0.6 is 15.9 Å². The van der Waals surface area contributed by atoms with E-state index in [0.717, 1.165) is 6.42 Å². The number of primary sulfonamides is 1. The summed E-state index contributed by atoms with van der Waals surface area (Å²) in [7, 11) is -3.79. The molecule has 0 aliphatic heterocycles. The molecule has 0 aromatic heterocycles. The largest absolute Gasteiger partial charge is 0.293 e. The lowest BCUT2D eigenvalue weighted by Crippen LogP contribution is -2.16. The zero-order valence-corrected chi connectivity index (χ0v) is 11.8. The van der Waals surface area contributed by atoms with Crippen LogP contribution in [0, 0.1) is 0 Å². The Morgan fingerprint density at radius 3 is 2.53 bits per heavy atom. The molecule has 0 fully saturated rings. The summed E-state index contributed by atoms with van der Waals surface area (Å²) in [5.74, 6) is -0.169. The van der Waals surface area contributed by atoms with Crippen molar-refractivity contribution in [2.24, 2.45) is 5.14 Å². The molecule has 6 heteroatoms. The Kier molecular flexibility index (Phi) is 4.85. The number of carbonyl (C=O) groups excluding carboxylic acids is 1. The first-order valence-electron chi connectivity index (χ1n) is 5.15. The topological polar surface area (TPSA) is 77.2 Å². The summed E-state index contributed by atoms with van der Waals surface area (Å²) in [6.45, 7) is 1.95. The van der Waals surface area contributed by atoms with E-state index < -0.39 is 10.0 Å². The van der Waals surface area contributed by atoms with Crippen LogP contribution in [0.1, 0.15) is 29.3 Å². The summed E-state index contributed by atoms with van der Waals surface area (Å²) in [5, 5.41) is 5.30. The van der Waals surface area contributed by atoms with Gasteiger partial charge in [0.25, 0.3) is 0 Å². The standard InChI is InChI=1S/C11H14BrNO3S/c1-2-3-8-4-5-9(10(14)7-12)6-11(8)17(13,15)16/h4-6H,2-3,7H2,1H3,(H2,13,15,16). The number of rotatable bonds is 5. The van der Waals surface area contributed by atoms with Crippen LogP contribution < -0.4 is 5.14 Å². The van der Waals surface area contributed by atoms with Crippen molar-refractivity contribution in [3.8, 4) is 0 Å². The van der Waals surface area contributed by atoms with Gasteiger partial charge in [0, 0.05) is 5.56 Å². The average molecular weight is 320 g/mol. The first-order chi connectivity index (χ1) is 7.90. The SMILES string of the molecule is CCCc1ccc(C(=O)CBr)cc1S(N)(=O)=O. The highest BCUT2D eigenvalue weighted by atomic mass is 79.9. The third-order valence-corrected chi connectivity index (χ3v) is 3.84. The number of Topliss-reactive ketones (excluding diaryl/α,β-unsaturated/α-hetero) is 1. The minimum absolute atomic E-state index is 0.0474. The fraction of sp³-hybridized carbons (Fsp3) is 0.364. The number of halogens is 1. The maximum absolute atomic E-state index is 11.5. The minimum atomic E-state index is -3.79. The molecule has 2 N–H and O–H groups in total. The molecule has 0 atom stereocenters. The van der Waals surface area contributed by atoms with Gasteiger partial charge in [-0.05, 0) is 18.1 Å². The number of hydrogen-bond acceptors (Lipinski definition) is 3. The Bertz CT molecular complexity index is 526. The quantitative estimate of drug-likeness (QED) is 0.664. The molecule has 0 heterocycles. The number of benzene rings is 1. The third kappa shape index (κ3) is 3.62. The monoisotopic (exact) mass is 319 g/mol. The fourth-order valence-corrected chi connectivity index (χ4v) is 2.70. The molecular weight excluding hydrogens is 306 g/mol. The highest BCUT2D eigenvalue weighted by Gasteiger charge is 2.16. The Morgan fingerprint density at radius 2 is 2.06 bits per heavy atom. The summed E-state index contributed by atoms with van der Waals surface area (Å²) < 4.78 is 22.9. The maximum atomic E-state index is 11.5. The van der Waals surface area contributed by atoms with Gasteiger partial charge < -0.3 is 0 Å². The van der Waals surface area contributed by atoms with Gasteiger partial charge in [0.15, 0.2) is 5.78 Å². The lowest BCUT2D eigenvalue weighted by Gasteiger charge is -2.08. The number of carbonyl (C=O) groups is 1. The van der Waals surface area contributed by atoms with Crippen molar-refractivity contribution in [1.82, 2.24) is 0 Å². The number of sulfonamides is 1. The van der Waals surface area contributed by atoms with Crippen molar-refractivity contribution in [3.63, 3.8) is 0 Å². The highest BCUT2D eigenvalue weighted by molar-refractivity contribution is 9.09. The first kappa shape index (κ1) is 14.3. The molecule has 1 aromatic carbocycles. The molecule has 0 bridgehead atoms. The molecule has 0 saturated heterocycles. The predicted molar refractivity (Wildman–Crippen MR) is 69.9 cm³/mol. The van der Waals surface area contributed by atoms with Crippen molar-refractivity contribution in [2.75, 3.05) is 5.33 Å². The molecule has 1 rings (SSSR count). The lowest BCUT2D eigenvalue weighted by molar-refractivity contribution is 0.102. The first-order valence-corrected chi connectivity index (χ1v) is 7.81. The fourth-order valence-electron chi connectivity index (χ4n) is 1.55. The second-order valence-electron chi connectivity index (χ2n) is 3.67. The molecule has 0 spiro atoms. The number of aryl methyl sites for hydroxylation is 1. The van der Waals surface area contributed by atoms with Gasteiger partial charge in [0.2, 0.25) is 10.0 Å². The molecule has 4 nitrogen and oxygen atoms in total. The summed E-state index contributed by atoms with van der Waals surface area (Å²) in [6.07, 6.45) is 1.43. The van der Waals surface area contributed by atoms with E-state index in [1.807, 2.05) is 6.92 Å². The Balaban J connectivity index is 3.34. The van der Waals surface area contributed by atoms with E-state index in [9.17, 15) is 13.2 Å². The van der Waals surface area contributed by atoms with Crippen LogP contribution in [0.4, 0.5) is 0 Å². The van der Waals surface area contributed by atoms with E-state index in [-0.39, 0.29) is 16.0 Å². The number of ketones is 1. The van der Waals surface area contributed by atoms with Gasteiger partial charge in [-0.1, -0.05) is 41.4 Å². The van der Waals surface area contributed by atoms with Crippen LogP contribution in [0.5, 0.6) is 0 Å². The molecule has 0 aliphatic carbocycles. The van der Waals surface area contributed by atoms with Gasteiger partial charge in [-0.25, -0.2) is 13.6 Å². The molecule has 0 amide bonds. The van der Waals surface area contributed by atoms with Gasteiger partial charge in [0.05, 0.1) is 10.2 Å². The minimum Gasteiger partial charge on any atom is -0.293 e. The second-order valence-corrected chi connectivity index (χ2v) is 5.76. The predicted octanol–water partition coefficient (Wildman–Crippen LogP) is 1.86. The molecule has 0 saturated carbocycles. The second kappa shape index (κ2) is 5.75. The van der Waals surface area contributed by atoms with E-state index >= 15 is 0 Å². The average Bonchev–Trinajstić information content (AvgIpc) is 2.27. The van der Waals surface area contributed by atoms with Crippen LogP contribution in [0.2, 0.25) is 0 Å². The van der Waals surface area contributed by atoms with Gasteiger partial charge in [-0.2, -0.15) is 0 Å². The van der Waals surface area contributed by atoms with Crippen molar-refractivity contribution < 1.29 is 13.2 Å². The third-order valence-electron chi connectivity index (χ3n) is 2.34. The van der Waals surface area contributed by atoms with Gasteiger partial charge >= 0.3 is 0 Å². The summed E-state index contributed by atoms with van der Waals surface area (Å²) in [4.78, 5) is 11.5. The molecule has 0 unspecified atom stereocenters. The van der Waals surface area contributed by atoms with Crippen LogP contribution in [-0.4, -0.2) is 19.5 Å². The Hall–Kier alpha value is -0.720. The van der Waals surface area contributed by atoms with E-state index in [0.29, 0.717) is 17.5 Å². The van der Waals surface area contributed by atoms with Crippen LogP contribution in [0.15, 0.2) is 23.1 Å². The number of hydrogen-bond donors (Lipinski definition) is 1. The van der Waals surface area contributed by atoms with Crippen molar-refractivity contribution in [1.29, 1.82) is 0 Å². The molecule has 94 valence electrons. The van der Waals surface area contributed by atoms with Gasteiger partial charge in [-0.15, -0.1) is 0 Å². The van der Waals surface area contributed by atoms with Crippen molar-refractivity contribution >= 4 is 31.7 Å². The molecule has 1 aromatic rings. The lowest BCUT2D eigenvalue weighted by atomic mass is 10.1. The number of alkyl halides is 1. The Morgan fingerprint density at radius 1 is 1.41 bits per heavy atom.